The van der Waals surface area contributed by atoms with Crippen molar-refractivity contribution in [3.05, 3.63) is 78.2 Å². The van der Waals surface area contributed by atoms with Crippen molar-refractivity contribution >= 4 is 33.1 Å². The van der Waals surface area contributed by atoms with Crippen LogP contribution in [0, 0.1) is 5.82 Å². The Labute approximate surface area is 147 Å². The lowest BCUT2D eigenvalue weighted by molar-refractivity contribution is 0.102. The smallest absolute Gasteiger partial charge is 0.257 e. The number of anilines is 1. The molecule has 6 heteroatoms. The second-order valence-electron chi connectivity index (χ2n) is 5.35. The first-order chi connectivity index (χ1) is 12.2. The molecule has 1 amide bonds. The Kier molecular flexibility index (Phi) is 3.95. The topological polar surface area (TPSA) is 54.9 Å². The summed E-state index contributed by atoms with van der Waals surface area (Å²) in [5.74, 6) is -0.663. The molecule has 0 saturated carbocycles. The molecule has 2 aromatic carbocycles. The van der Waals surface area contributed by atoms with E-state index in [1.165, 1.54) is 35.6 Å². The number of benzene rings is 2. The van der Waals surface area contributed by atoms with Gasteiger partial charge in [0.25, 0.3) is 5.91 Å². The third-order valence-electron chi connectivity index (χ3n) is 3.65. The van der Waals surface area contributed by atoms with E-state index in [4.69, 9.17) is 0 Å². The van der Waals surface area contributed by atoms with Gasteiger partial charge in [-0.15, -0.1) is 11.3 Å². The van der Waals surface area contributed by atoms with Crippen molar-refractivity contribution in [3.8, 4) is 10.7 Å². The highest BCUT2D eigenvalue weighted by Crippen LogP contribution is 2.30. The van der Waals surface area contributed by atoms with Crippen LogP contribution in [0.15, 0.2) is 66.9 Å². The highest BCUT2D eigenvalue weighted by molar-refractivity contribution is 7.21. The SMILES string of the molecule is O=C(Nc1ccc(F)cc1)c1cccnc1-c1nc2ccccc2s1. The Morgan fingerprint density at radius 2 is 1.80 bits per heavy atom. The average molecular weight is 349 g/mol. The fraction of sp³-hybridized carbons (Fsp3) is 0. The number of rotatable bonds is 3. The number of amides is 1. The summed E-state index contributed by atoms with van der Waals surface area (Å²) in [5, 5.41) is 3.45. The van der Waals surface area contributed by atoms with Gasteiger partial charge in [0.1, 0.15) is 16.5 Å². The lowest BCUT2D eigenvalue weighted by Crippen LogP contribution is -2.13. The van der Waals surface area contributed by atoms with Crippen LogP contribution in [0.2, 0.25) is 0 Å². The Morgan fingerprint density at radius 3 is 2.60 bits per heavy atom. The predicted octanol–water partition coefficient (Wildman–Crippen LogP) is 4.75. The van der Waals surface area contributed by atoms with Crippen LogP contribution in [0.3, 0.4) is 0 Å². The highest BCUT2D eigenvalue weighted by atomic mass is 32.1. The first kappa shape index (κ1) is 15.4. The summed E-state index contributed by atoms with van der Waals surface area (Å²) in [6.45, 7) is 0. The fourth-order valence-electron chi connectivity index (χ4n) is 2.46. The predicted molar refractivity (Wildman–Crippen MR) is 97.2 cm³/mol. The summed E-state index contributed by atoms with van der Waals surface area (Å²) in [5.41, 5.74) is 2.35. The van der Waals surface area contributed by atoms with Crippen molar-refractivity contribution in [1.29, 1.82) is 0 Å². The average Bonchev–Trinajstić information content (AvgIpc) is 3.07. The largest absolute Gasteiger partial charge is 0.322 e. The zero-order valence-corrected chi connectivity index (χ0v) is 13.8. The van der Waals surface area contributed by atoms with E-state index in [0.717, 1.165) is 10.2 Å². The molecule has 0 aliphatic rings. The number of thiazole rings is 1. The minimum atomic E-state index is -0.352. The van der Waals surface area contributed by atoms with E-state index >= 15 is 0 Å². The number of carbonyl (C=O) groups excluding carboxylic acids is 1. The molecule has 4 nitrogen and oxygen atoms in total. The van der Waals surface area contributed by atoms with Crippen LogP contribution in [0.5, 0.6) is 0 Å². The second kappa shape index (κ2) is 6.41. The summed E-state index contributed by atoms with van der Waals surface area (Å²) in [6.07, 6.45) is 1.63. The Balaban J connectivity index is 1.70. The number of carbonyl (C=O) groups is 1. The molecule has 2 aromatic heterocycles. The molecule has 0 radical (unpaired) electrons. The molecule has 0 saturated heterocycles. The van der Waals surface area contributed by atoms with Gasteiger partial charge in [-0.25, -0.2) is 9.37 Å². The molecule has 0 atom stereocenters. The molecule has 1 N–H and O–H groups in total. The van der Waals surface area contributed by atoms with Crippen LogP contribution < -0.4 is 5.32 Å². The van der Waals surface area contributed by atoms with Gasteiger partial charge in [0.2, 0.25) is 0 Å². The van der Waals surface area contributed by atoms with Crippen LogP contribution in [0.4, 0.5) is 10.1 Å². The monoisotopic (exact) mass is 349 g/mol. The van der Waals surface area contributed by atoms with Crippen LogP contribution in [0.25, 0.3) is 20.9 Å². The van der Waals surface area contributed by atoms with Gasteiger partial charge in [-0.2, -0.15) is 0 Å². The van der Waals surface area contributed by atoms with Crippen molar-refractivity contribution in [2.24, 2.45) is 0 Å². The molecule has 4 aromatic rings. The summed E-state index contributed by atoms with van der Waals surface area (Å²) < 4.78 is 14.0. The van der Waals surface area contributed by atoms with E-state index in [1.54, 1.807) is 18.3 Å². The highest BCUT2D eigenvalue weighted by Gasteiger charge is 2.17. The van der Waals surface area contributed by atoms with E-state index in [0.29, 0.717) is 22.0 Å². The third-order valence-corrected chi connectivity index (χ3v) is 4.69. The van der Waals surface area contributed by atoms with Gasteiger partial charge in [-0.1, -0.05) is 12.1 Å². The molecule has 25 heavy (non-hydrogen) atoms. The second-order valence-corrected chi connectivity index (χ2v) is 6.38. The molecular weight excluding hydrogens is 337 g/mol. The lowest BCUT2D eigenvalue weighted by atomic mass is 10.1. The Morgan fingerprint density at radius 1 is 1.00 bits per heavy atom. The minimum Gasteiger partial charge on any atom is -0.322 e. The Hall–Kier alpha value is -3.12. The molecular formula is C19H12FN3OS. The zero-order chi connectivity index (χ0) is 17.2. The maximum Gasteiger partial charge on any atom is 0.257 e. The normalized spacial score (nSPS) is 10.8. The van der Waals surface area contributed by atoms with Gasteiger partial charge in [0.05, 0.1) is 15.8 Å². The van der Waals surface area contributed by atoms with Crippen molar-refractivity contribution in [3.63, 3.8) is 0 Å². The molecule has 0 bridgehead atoms. The Bertz CT molecular complexity index is 1030. The van der Waals surface area contributed by atoms with E-state index in [2.05, 4.69) is 15.3 Å². The summed E-state index contributed by atoms with van der Waals surface area (Å²) >= 11 is 1.49. The van der Waals surface area contributed by atoms with Crippen molar-refractivity contribution in [2.75, 3.05) is 5.32 Å². The number of fused-ring (bicyclic) bond motifs is 1. The molecule has 2 heterocycles. The summed E-state index contributed by atoms with van der Waals surface area (Å²) in [7, 11) is 0. The van der Waals surface area contributed by atoms with Gasteiger partial charge in [-0.3, -0.25) is 9.78 Å². The number of hydrogen-bond donors (Lipinski definition) is 1. The van der Waals surface area contributed by atoms with Gasteiger partial charge in [0.15, 0.2) is 0 Å². The number of hydrogen-bond acceptors (Lipinski definition) is 4. The molecule has 0 unspecified atom stereocenters. The summed E-state index contributed by atoms with van der Waals surface area (Å²) in [4.78, 5) is 21.6. The van der Waals surface area contributed by atoms with Crippen LogP contribution >= 0.6 is 11.3 Å². The van der Waals surface area contributed by atoms with E-state index in [1.807, 2.05) is 24.3 Å². The van der Waals surface area contributed by atoms with Crippen LogP contribution in [-0.2, 0) is 0 Å². The van der Waals surface area contributed by atoms with Crippen molar-refractivity contribution in [1.82, 2.24) is 9.97 Å². The van der Waals surface area contributed by atoms with Crippen LogP contribution in [0.1, 0.15) is 10.4 Å². The first-order valence-corrected chi connectivity index (χ1v) is 8.40. The first-order valence-electron chi connectivity index (χ1n) is 7.58. The maximum atomic E-state index is 13.0. The maximum absolute atomic E-state index is 13.0. The van der Waals surface area contributed by atoms with E-state index in [-0.39, 0.29) is 11.7 Å². The number of para-hydroxylation sites is 1. The molecule has 0 aliphatic carbocycles. The number of halogens is 1. The van der Waals surface area contributed by atoms with Crippen LogP contribution in [-0.4, -0.2) is 15.9 Å². The molecule has 122 valence electrons. The fourth-order valence-corrected chi connectivity index (χ4v) is 3.44. The number of nitrogens with zero attached hydrogens (tertiary/aromatic N) is 2. The molecule has 0 aliphatic heterocycles. The van der Waals surface area contributed by atoms with Crippen molar-refractivity contribution < 1.29 is 9.18 Å². The number of aromatic nitrogens is 2. The van der Waals surface area contributed by atoms with Crippen molar-refractivity contribution in [2.45, 2.75) is 0 Å². The minimum absolute atomic E-state index is 0.311. The molecule has 4 rings (SSSR count). The molecule has 0 fully saturated rings. The van der Waals surface area contributed by atoms with Gasteiger partial charge >= 0.3 is 0 Å². The number of nitrogens with one attached hydrogen (secondary N) is 1. The van der Waals surface area contributed by atoms with Gasteiger partial charge < -0.3 is 5.32 Å². The van der Waals surface area contributed by atoms with E-state index in [9.17, 15) is 9.18 Å². The van der Waals surface area contributed by atoms with E-state index < -0.39 is 0 Å². The summed E-state index contributed by atoms with van der Waals surface area (Å²) in [6, 6.07) is 16.8. The lowest BCUT2D eigenvalue weighted by Gasteiger charge is -2.07. The van der Waals surface area contributed by atoms with Gasteiger partial charge in [0, 0.05) is 11.9 Å². The quantitative estimate of drug-likeness (QED) is 0.581. The molecule has 0 spiro atoms. The zero-order valence-electron chi connectivity index (χ0n) is 12.9. The van der Waals surface area contributed by atoms with Gasteiger partial charge in [-0.05, 0) is 48.5 Å². The standard InChI is InChI=1S/C19H12FN3OS/c20-12-7-9-13(10-8-12)22-18(24)14-4-3-11-21-17(14)19-23-15-5-1-2-6-16(15)25-19/h1-11H,(H,22,24). The third kappa shape index (κ3) is 3.12. The number of pyridine rings is 1.